The van der Waals surface area contributed by atoms with E-state index in [1.807, 2.05) is 6.92 Å². The minimum atomic E-state index is -1.25. The Labute approximate surface area is 94.5 Å². The number of fused-ring (bicyclic) bond motifs is 1. The monoisotopic (exact) mass is 224 g/mol. The molecule has 0 aromatic carbocycles. The van der Waals surface area contributed by atoms with E-state index in [1.54, 1.807) is 6.92 Å². The van der Waals surface area contributed by atoms with E-state index in [0.717, 1.165) is 5.57 Å². The summed E-state index contributed by atoms with van der Waals surface area (Å²) < 4.78 is 10.5. The molecule has 0 radical (unpaired) electrons. The molecule has 0 aromatic heterocycles. The Morgan fingerprint density at radius 3 is 2.94 bits per heavy atom. The summed E-state index contributed by atoms with van der Waals surface area (Å²) in [5.74, 6) is 0.190. The molecule has 0 saturated carbocycles. The Balaban J connectivity index is 2.48. The van der Waals surface area contributed by atoms with Crippen molar-refractivity contribution in [3.63, 3.8) is 0 Å². The number of aliphatic hydroxyl groups is 1. The van der Waals surface area contributed by atoms with Crippen LogP contribution in [0, 0.1) is 0 Å². The zero-order valence-corrected chi connectivity index (χ0v) is 9.74. The second-order valence-electron chi connectivity index (χ2n) is 4.37. The van der Waals surface area contributed by atoms with Crippen molar-refractivity contribution in [2.24, 2.45) is 0 Å². The number of methoxy groups -OCH3 is 1. The highest BCUT2D eigenvalue weighted by molar-refractivity contribution is 6.06. The second kappa shape index (κ2) is 3.71. The average Bonchev–Trinajstić information content (AvgIpc) is 2.26. The lowest BCUT2D eigenvalue weighted by atomic mass is 9.78. The molecule has 2 rings (SSSR count). The Morgan fingerprint density at radius 1 is 1.62 bits per heavy atom. The third-order valence-corrected chi connectivity index (χ3v) is 3.28. The highest BCUT2D eigenvalue weighted by atomic mass is 16.5. The van der Waals surface area contributed by atoms with Crippen LogP contribution >= 0.6 is 0 Å². The highest BCUT2D eigenvalue weighted by Crippen LogP contribution is 2.39. The Hall–Kier alpha value is -1.13. The van der Waals surface area contributed by atoms with E-state index in [0.29, 0.717) is 12.0 Å². The third-order valence-electron chi connectivity index (χ3n) is 3.28. The molecule has 16 heavy (non-hydrogen) atoms. The lowest BCUT2D eigenvalue weighted by Gasteiger charge is -2.40. The maximum Gasteiger partial charge on any atom is 0.185 e. The molecular weight excluding hydrogens is 208 g/mol. The largest absolute Gasteiger partial charge is 0.497 e. The number of hydrogen-bond donors (Lipinski definition) is 1. The molecule has 1 heterocycles. The molecule has 1 fully saturated rings. The van der Waals surface area contributed by atoms with E-state index in [1.165, 1.54) is 13.2 Å². The van der Waals surface area contributed by atoms with Gasteiger partial charge in [-0.05, 0) is 31.4 Å². The zero-order valence-electron chi connectivity index (χ0n) is 9.74. The first-order chi connectivity index (χ1) is 7.49. The predicted octanol–water partition coefficient (Wildman–Crippen LogP) is 0.956. The first-order valence-electron chi connectivity index (χ1n) is 5.33. The van der Waals surface area contributed by atoms with Crippen LogP contribution in [0.3, 0.4) is 0 Å². The van der Waals surface area contributed by atoms with Gasteiger partial charge in [0.1, 0.15) is 5.76 Å². The van der Waals surface area contributed by atoms with Crippen LogP contribution in [0.1, 0.15) is 20.3 Å². The highest BCUT2D eigenvalue weighted by Gasteiger charge is 2.46. The van der Waals surface area contributed by atoms with Crippen molar-refractivity contribution in [1.82, 2.24) is 0 Å². The number of allylic oxidation sites excluding steroid dienone is 2. The van der Waals surface area contributed by atoms with E-state index in [-0.39, 0.29) is 24.3 Å². The molecule has 0 unspecified atom stereocenters. The van der Waals surface area contributed by atoms with Crippen molar-refractivity contribution in [2.45, 2.75) is 32.0 Å². The summed E-state index contributed by atoms with van der Waals surface area (Å²) in [6.07, 6.45) is 1.93. The van der Waals surface area contributed by atoms with Crippen molar-refractivity contribution in [3.05, 3.63) is 23.0 Å². The molecule has 1 aliphatic heterocycles. The maximum absolute atomic E-state index is 11.7. The summed E-state index contributed by atoms with van der Waals surface area (Å²) in [7, 11) is 1.45. The Kier molecular flexibility index (Phi) is 2.64. The van der Waals surface area contributed by atoms with E-state index >= 15 is 0 Å². The average molecular weight is 224 g/mol. The normalized spacial score (nSPS) is 34.6. The van der Waals surface area contributed by atoms with Crippen LogP contribution in [0.4, 0.5) is 0 Å². The van der Waals surface area contributed by atoms with Crippen LogP contribution in [0.2, 0.25) is 0 Å². The summed E-state index contributed by atoms with van der Waals surface area (Å²) in [6, 6.07) is 0. The van der Waals surface area contributed by atoms with E-state index in [9.17, 15) is 9.90 Å². The second-order valence-corrected chi connectivity index (χ2v) is 4.37. The first kappa shape index (κ1) is 11.4. The number of hydrogen-bond acceptors (Lipinski definition) is 4. The van der Waals surface area contributed by atoms with Crippen LogP contribution in [-0.4, -0.2) is 36.3 Å². The maximum atomic E-state index is 11.7. The minimum absolute atomic E-state index is 0.0224. The summed E-state index contributed by atoms with van der Waals surface area (Å²) >= 11 is 0. The molecule has 4 nitrogen and oxygen atoms in total. The molecular formula is C12H16O4. The van der Waals surface area contributed by atoms with E-state index in [2.05, 4.69) is 0 Å². The SMILES string of the molecule is COC1=CC(=O)C(C)=C2C[C@H](C)OC[C@]12O. The van der Waals surface area contributed by atoms with Gasteiger partial charge in [-0.1, -0.05) is 0 Å². The predicted molar refractivity (Wildman–Crippen MR) is 57.8 cm³/mol. The number of ketones is 1. The molecule has 1 N–H and O–H groups in total. The molecule has 0 amide bonds. The number of carbonyl (C=O) groups is 1. The molecule has 2 atom stereocenters. The third kappa shape index (κ3) is 1.49. The van der Waals surface area contributed by atoms with Gasteiger partial charge < -0.3 is 14.6 Å². The fraction of sp³-hybridized carbons (Fsp3) is 0.583. The van der Waals surface area contributed by atoms with Gasteiger partial charge in [0.05, 0.1) is 19.8 Å². The Bertz CT molecular complexity index is 394. The lowest BCUT2D eigenvalue weighted by Crippen LogP contribution is -2.48. The van der Waals surface area contributed by atoms with Gasteiger partial charge in [0, 0.05) is 6.08 Å². The molecule has 4 heteroatoms. The minimum Gasteiger partial charge on any atom is -0.497 e. The number of ether oxygens (including phenoxy) is 2. The lowest BCUT2D eigenvalue weighted by molar-refractivity contribution is -0.114. The molecule has 0 spiro atoms. The first-order valence-corrected chi connectivity index (χ1v) is 5.33. The van der Waals surface area contributed by atoms with Crippen LogP contribution in [0.25, 0.3) is 0 Å². The van der Waals surface area contributed by atoms with Crippen molar-refractivity contribution in [3.8, 4) is 0 Å². The van der Waals surface area contributed by atoms with Gasteiger partial charge in [-0.15, -0.1) is 0 Å². The summed E-state index contributed by atoms with van der Waals surface area (Å²) in [6.45, 7) is 3.81. The van der Waals surface area contributed by atoms with Crippen molar-refractivity contribution < 1.29 is 19.4 Å². The van der Waals surface area contributed by atoms with Crippen LogP contribution in [-0.2, 0) is 14.3 Å². The topological polar surface area (TPSA) is 55.8 Å². The zero-order chi connectivity index (χ0) is 11.9. The standard InChI is InChI=1S/C12H16O4/c1-7-4-9-8(2)10(13)5-11(15-3)12(9,14)6-16-7/h5,7,14H,4,6H2,1-3H3/t7-,12+/m0/s1. The number of carbonyl (C=O) groups excluding carboxylic acids is 1. The van der Waals surface area contributed by atoms with Crippen LogP contribution in [0.5, 0.6) is 0 Å². The summed E-state index contributed by atoms with van der Waals surface area (Å²) in [4.78, 5) is 11.7. The molecule has 1 saturated heterocycles. The van der Waals surface area contributed by atoms with Gasteiger partial charge in [-0.25, -0.2) is 0 Å². The fourth-order valence-electron chi connectivity index (χ4n) is 2.27. The van der Waals surface area contributed by atoms with Gasteiger partial charge in [-0.3, -0.25) is 4.79 Å². The van der Waals surface area contributed by atoms with Crippen LogP contribution in [0.15, 0.2) is 23.0 Å². The van der Waals surface area contributed by atoms with Crippen molar-refractivity contribution in [1.29, 1.82) is 0 Å². The quantitative estimate of drug-likeness (QED) is 0.720. The van der Waals surface area contributed by atoms with Gasteiger partial charge in [-0.2, -0.15) is 0 Å². The molecule has 0 aromatic rings. The Morgan fingerprint density at radius 2 is 2.31 bits per heavy atom. The van der Waals surface area contributed by atoms with Gasteiger partial charge >= 0.3 is 0 Å². The van der Waals surface area contributed by atoms with Crippen molar-refractivity contribution in [2.75, 3.05) is 13.7 Å². The van der Waals surface area contributed by atoms with Crippen LogP contribution < -0.4 is 0 Å². The molecule has 2 aliphatic rings. The van der Waals surface area contributed by atoms with E-state index in [4.69, 9.17) is 9.47 Å². The fourth-order valence-corrected chi connectivity index (χ4v) is 2.27. The van der Waals surface area contributed by atoms with Gasteiger partial charge in [0.15, 0.2) is 11.4 Å². The smallest absolute Gasteiger partial charge is 0.185 e. The molecule has 88 valence electrons. The molecule has 1 aliphatic carbocycles. The summed E-state index contributed by atoms with van der Waals surface area (Å²) in [5, 5.41) is 10.5. The van der Waals surface area contributed by atoms with Crippen molar-refractivity contribution >= 4 is 5.78 Å². The van der Waals surface area contributed by atoms with Gasteiger partial charge in [0.2, 0.25) is 0 Å². The number of rotatable bonds is 1. The molecule has 0 bridgehead atoms. The summed E-state index contributed by atoms with van der Waals surface area (Å²) in [5.41, 5.74) is 0.0910. The van der Waals surface area contributed by atoms with Gasteiger partial charge in [0.25, 0.3) is 0 Å². The van der Waals surface area contributed by atoms with E-state index < -0.39 is 5.60 Å².